The lowest BCUT2D eigenvalue weighted by atomic mass is 9.87. The molecule has 0 bridgehead atoms. The maximum absolute atomic E-state index is 12.6. The molecule has 0 unspecified atom stereocenters. The molecule has 0 aromatic carbocycles. The van der Waals surface area contributed by atoms with Gasteiger partial charge in [0.2, 0.25) is 0 Å². The highest BCUT2D eigenvalue weighted by Crippen LogP contribution is 2.40. The average Bonchev–Trinajstić information content (AvgIpc) is 2.79. The van der Waals surface area contributed by atoms with Gasteiger partial charge in [0.25, 0.3) is 6.43 Å². The summed E-state index contributed by atoms with van der Waals surface area (Å²) in [6.45, 7) is 4.24. The number of imidazole rings is 1. The number of nitrogens with zero attached hydrogens (tertiary/aromatic N) is 3. The minimum atomic E-state index is -2.54. The lowest BCUT2D eigenvalue weighted by Crippen LogP contribution is -2.14. The molecule has 3 nitrogen and oxygen atoms in total. The van der Waals surface area contributed by atoms with E-state index in [0.717, 1.165) is 24.0 Å². The summed E-state index contributed by atoms with van der Waals surface area (Å²) in [5.41, 5.74) is 2.58. The van der Waals surface area contributed by atoms with E-state index in [1.165, 1.54) is 10.7 Å². The van der Waals surface area contributed by atoms with E-state index in [0.29, 0.717) is 5.65 Å². The summed E-state index contributed by atoms with van der Waals surface area (Å²) >= 11 is 0. The zero-order valence-electron chi connectivity index (χ0n) is 9.74. The van der Waals surface area contributed by atoms with Gasteiger partial charge in [-0.25, -0.2) is 18.3 Å². The van der Waals surface area contributed by atoms with Gasteiger partial charge in [-0.05, 0) is 23.8 Å². The van der Waals surface area contributed by atoms with E-state index in [1.54, 1.807) is 6.20 Å². The van der Waals surface area contributed by atoms with Crippen LogP contribution in [0.5, 0.6) is 0 Å². The molecule has 2 aromatic heterocycles. The molecule has 0 atom stereocenters. The van der Waals surface area contributed by atoms with Gasteiger partial charge in [0.1, 0.15) is 5.69 Å². The second-order valence-corrected chi connectivity index (χ2v) is 5.16. The Labute approximate surface area is 97.5 Å². The SMILES string of the molecule is CC1(C)CCc2cnn3cc(C(F)F)nc3c21. The number of halogens is 2. The largest absolute Gasteiger partial charge is 0.281 e. The summed E-state index contributed by atoms with van der Waals surface area (Å²) in [7, 11) is 0. The maximum Gasteiger partial charge on any atom is 0.281 e. The monoisotopic (exact) mass is 237 g/mol. The normalized spacial score (nSPS) is 17.9. The van der Waals surface area contributed by atoms with Crippen molar-refractivity contribution in [2.75, 3.05) is 0 Å². The van der Waals surface area contributed by atoms with Crippen molar-refractivity contribution in [2.24, 2.45) is 0 Å². The Morgan fingerprint density at radius 3 is 2.88 bits per heavy atom. The Morgan fingerprint density at radius 1 is 1.41 bits per heavy atom. The minimum absolute atomic E-state index is 0.00965. The van der Waals surface area contributed by atoms with Gasteiger partial charge < -0.3 is 0 Å². The van der Waals surface area contributed by atoms with Crippen LogP contribution in [-0.2, 0) is 11.8 Å². The predicted octanol–water partition coefficient (Wildman–Crippen LogP) is 2.89. The molecule has 0 N–H and O–H groups in total. The van der Waals surface area contributed by atoms with Crippen LogP contribution in [0.2, 0.25) is 0 Å². The first-order valence-corrected chi connectivity index (χ1v) is 5.65. The molecule has 0 radical (unpaired) electrons. The van der Waals surface area contributed by atoms with Crippen LogP contribution in [0, 0.1) is 0 Å². The van der Waals surface area contributed by atoms with Crippen LogP contribution < -0.4 is 0 Å². The lowest BCUT2D eigenvalue weighted by Gasteiger charge is -2.18. The fraction of sp³-hybridized carbons (Fsp3) is 0.500. The third-order valence-corrected chi connectivity index (χ3v) is 3.51. The second kappa shape index (κ2) is 3.24. The quantitative estimate of drug-likeness (QED) is 0.763. The van der Waals surface area contributed by atoms with Gasteiger partial charge in [-0.2, -0.15) is 5.10 Å². The standard InChI is InChI=1S/C12H13F2N3/c1-12(2)4-3-7-5-15-17-6-8(10(13)14)16-11(17)9(7)12/h5-6,10H,3-4H2,1-2H3. The Hall–Kier alpha value is -1.52. The molecule has 0 saturated carbocycles. The first kappa shape index (κ1) is 10.6. The summed E-state index contributed by atoms with van der Waals surface area (Å²) in [6.07, 6.45) is 2.50. The molecule has 0 amide bonds. The number of alkyl halides is 2. The van der Waals surface area contributed by atoms with Crippen LogP contribution in [-0.4, -0.2) is 14.6 Å². The summed E-state index contributed by atoms with van der Waals surface area (Å²) < 4.78 is 26.8. The fourth-order valence-electron chi connectivity index (χ4n) is 2.59. The van der Waals surface area contributed by atoms with E-state index in [1.807, 2.05) is 0 Å². The number of aromatic nitrogens is 3. The van der Waals surface area contributed by atoms with E-state index < -0.39 is 6.43 Å². The lowest BCUT2D eigenvalue weighted by molar-refractivity contribution is 0.146. The van der Waals surface area contributed by atoms with Crippen LogP contribution in [0.1, 0.15) is 43.5 Å². The number of fused-ring (bicyclic) bond motifs is 3. The van der Waals surface area contributed by atoms with E-state index in [2.05, 4.69) is 23.9 Å². The average molecular weight is 237 g/mol. The van der Waals surface area contributed by atoms with Gasteiger partial charge in [-0.15, -0.1) is 0 Å². The molecular weight excluding hydrogens is 224 g/mol. The minimum Gasteiger partial charge on any atom is -0.226 e. The molecular formula is C12H13F2N3. The van der Waals surface area contributed by atoms with Crippen molar-refractivity contribution in [3.8, 4) is 0 Å². The van der Waals surface area contributed by atoms with Crippen molar-refractivity contribution >= 4 is 5.65 Å². The summed E-state index contributed by atoms with van der Waals surface area (Å²) in [5, 5.41) is 4.14. The molecule has 0 spiro atoms. The maximum atomic E-state index is 12.6. The Bertz CT molecular complexity index is 587. The molecule has 17 heavy (non-hydrogen) atoms. The molecule has 0 aliphatic heterocycles. The second-order valence-electron chi connectivity index (χ2n) is 5.16. The van der Waals surface area contributed by atoms with Crippen molar-refractivity contribution in [2.45, 2.75) is 38.5 Å². The topological polar surface area (TPSA) is 30.2 Å². The van der Waals surface area contributed by atoms with Crippen molar-refractivity contribution < 1.29 is 8.78 Å². The van der Waals surface area contributed by atoms with Gasteiger partial charge >= 0.3 is 0 Å². The van der Waals surface area contributed by atoms with Gasteiger partial charge in [0.15, 0.2) is 5.65 Å². The van der Waals surface area contributed by atoms with E-state index >= 15 is 0 Å². The molecule has 2 heterocycles. The zero-order valence-corrected chi connectivity index (χ0v) is 9.74. The van der Waals surface area contributed by atoms with Crippen molar-refractivity contribution in [3.63, 3.8) is 0 Å². The third kappa shape index (κ3) is 1.45. The summed E-state index contributed by atoms with van der Waals surface area (Å²) in [5.74, 6) is 0. The van der Waals surface area contributed by atoms with Gasteiger partial charge in [0, 0.05) is 5.56 Å². The number of hydrogen-bond acceptors (Lipinski definition) is 2. The van der Waals surface area contributed by atoms with Gasteiger partial charge in [-0.3, -0.25) is 0 Å². The molecule has 1 aliphatic rings. The smallest absolute Gasteiger partial charge is 0.226 e. The highest BCUT2D eigenvalue weighted by Gasteiger charge is 2.33. The first-order chi connectivity index (χ1) is 7.99. The van der Waals surface area contributed by atoms with Crippen molar-refractivity contribution in [1.82, 2.24) is 14.6 Å². The molecule has 2 aromatic rings. The Morgan fingerprint density at radius 2 is 2.18 bits per heavy atom. The Balaban J connectivity index is 2.31. The van der Waals surface area contributed by atoms with E-state index in [-0.39, 0.29) is 11.1 Å². The first-order valence-electron chi connectivity index (χ1n) is 5.65. The molecule has 0 saturated heterocycles. The fourth-order valence-corrected chi connectivity index (χ4v) is 2.59. The zero-order chi connectivity index (χ0) is 12.2. The third-order valence-electron chi connectivity index (χ3n) is 3.51. The summed E-state index contributed by atoms with van der Waals surface area (Å²) in [4.78, 5) is 4.03. The number of aryl methyl sites for hydroxylation is 1. The van der Waals surface area contributed by atoms with Crippen LogP contribution in [0.3, 0.4) is 0 Å². The highest BCUT2D eigenvalue weighted by atomic mass is 19.3. The van der Waals surface area contributed by atoms with Crippen molar-refractivity contribution in [3.05, 3.63) is 29.2 Å². The van der Waals surface area contributed by atoms with Crippen LogP contribution in [0.4, 0.5) is 8.78 Å². The highest BCUT2D eigenvalue weighted by molar-refractivity contribution is 5.57. The van der Waals surface area contributed by atoms with Crippen molar-refractivity contribution in [1.29, 1.82) is 0 Å². The van der Waals surface area contributed by atoms with Crippen LogP contribution in [0.15, 0.2) is 12.4 Å². The van der Waals surface area contributed by atoms with Gasteiger partial charge in [0.05, 0.1) is 12.4 Å². The Kier molecular flexibility index (Phi) is 2.03. The van der Waals surface area contributed by atoms with Crippen LogP contribution in [0.25, 0.3) is 5.65 Å². The van der Waals surface area contributed by atoms with E-state index in [9.17, 15) is 8.78 Å². The predicted molar refractivity (Wildman–Crippen MR) is 59.3 cm³/mol. The van der Waals surface area contributed by atoms with Crippen LogP contribution >= 0.6 is 0 Å². The molecule has 0 fully saturated rings. The molecule has 1 aliphatic carbocycles. The summed E-state index contributed by atoms with van der Waals surface area (Å²) in [6, 6.07) is 0. The molecule has 90 valence electrons. The van der Waals surface area contributed by atoms with Gasteiger partial charge in [-0.1, -0.05) is 13.8 Å². The molecule has 5 heteroatoms. The number of rotatable bonds is 1. The van der Waals surface area contributed by atoms with E-state index in [4.69, 9.17) is 0 Å². The molecule has 3 rings (SSSR count). The number of hydrogen-bond donors (Lipinski definition) is 0.